The van der Waals surface area contributed by atoms with Crippen LogP contribution in [0.4, 0.5) is 5.69 Å². The van der Waals surface area contributed by atoms with Crippen LogP contribution in [0.15, 0.2) is 65.1 Å². The Morgan fingerprint density at radius 1 is 1.19 bits per heavy atom. The Labute approximate surface area is 165 Å². The maximum absolute atomic E-state index is 12.8. The number of nitrogens with zero attached hydrogens (tertiary/aromatic N) is 1. The highest BCUT2D eigenvalue weighted by Gasteiger charge is 2.33. The summed E-state index contributed by atoms with van der Waals surface area (Å²) < 4.78 is 0.321. The zero-order valence-electron chi connectivity index (χ0n) is 14.2. The number of carbonyl (C=O) groups is 2. The van der Waals surface area contributed by atoms with Crippen molar-refractivity contribution in [2.24, 2.45) is 0 Å². The molecule has 5 nitrogen and oxygen atoms in total. The van der Waals surface area contributed by atoms with Gasteiger partial charge in [0.05, 0.1) is 10.6 Å². The number of hydrogen-bond donors (Lipinski definition) is 2. The van der Waals surface area contributed by atoms with E-state index in [1.54, 1.807) is 6.08 Å². The third-order valence-corrected chi connectivity index (χ3v) is 5.12. The molecule has 0 unspecified atom stereocenters. The van der Waals surface area contributed by atoms with Crippen LogP contribution in [0.3, 0.4) is 0 Å². The third kappa shape index (κ3) is 4.10. The Bertz CT molecular complexity index is 996. The van der Waals surface area contributed by atoms with Crippen LogP contribution in [0.25, 0.3) is 6.08 Å². The van der Waals surface area contributed by atoms with Gasteiger partial charge in [0.15, 0.2) is 4.32 Å². The summed E-state index contributed by atoms with van der Waals surface area (Å²) in [4.78, 5) is 25.5. The minimum atomic E-state index is -1.24. The van der Waals surface area contributed by atoms with E-state index in [2.05, 4.69) is 0 Å². The molecular formula is C20H15NO4S2. The number of phenols is 1. The van der Waals surface area contributed by atoms with Gasteiger partial charge in [-0.25, -0.2) is 4.79 Å². The first-order valence-corrected chi connectivity index (χ1v) is 9.17. The van der Waals surface area contributed by atoms with Crippen molar-refractivity contribution >= 4 is 51.9 Å². The molecule has 0 spiro atoms. The van der Waals surface area contributed by atoms with Gasteiger partial charge in [0, 0.05) is 6.07 Å². The van der Waals surface area contributed by atoms with E-state index in [0.29, 0.717) is 14.9 Å². The molecule has 0 atom stereocenters. The molecule has 7 heteroatoms. The lowest BCUT2D eigenvalue weighted by molar-refractivity contribution is -0.113. The molecule has 0 aromatic heterocycles. The molecule has 1 aliphatic rings. The maximum atomic E-state index is 12.8. The van der Waals surface area contributed by atoms with Gasteiger partial charge in [-0.2, -0.15) is 0 Å². The van der Waals surface area contributed by atoms with Crippen LogP contribution >= 0.6 is 24.0 Å². The fourth-order valence-electron chi connectivity index (χ4n) is 2.59. The number of aromatic carboxylic acids is 1. The minimum Gasteiger partial charge on any atom is -0.507 e. The average Bonchev–Trinajstić information content (AvgIpc) is 2.88. The van der Waals surface area contributed by atoms with E-state index in [9.17, 15) is 14.7 Å². The van der Waals surface area contributed by atoms with E-state index in [-0.39, 0.29) is 11.5 Å². The van der Waals surface area contributed by atoms with Crippen LogP contribution in [-0.4, -0.2) is 26.4 Å². The molecule has 0 aliphatic carbocycles. The van der Waals surface area contributed by atoms with Crippen molar-refractivity contribution in [1.82, 2.24) is 0 Å². The summed E-state index contributed by atoms with van der Waals surface area (Å²) in [6.45, 7) is 1.90. The normalized spacial score (nSPS) is 16.3. The minimum absolute atomic E-state index is 0.235. The molecule has 0 saturated carbocycles. The second kappa shape index (κ2) is 7.77. The number of rotatable bonds is 4. The molecule has 3 rings (SSSR count). The summed E-state index contributed by atoms with van der Waals surface area (Å²) in [6, 6.07) is 13.7. The lowest BCUT2D eigenvalue weighted by atomic mass is 10.1. The van der Waals surface area contributed by atoms with Crippen molar-refractivity contribution in [3.63, 3.8) is 0 Å². The summed E-state index contributed by atoms with van der Waals surface area (Å²) in [5.74, 6) is -1.97. The monoisotopic (exact) mass is 397 g/mol. The molecular weight excluding hydrogens is 382 g/mol. The van der Waals surface area contributed by atoms with Crippen LogP contribution in [-0.2, 0) is 4.79 Å². The molecule has 136 valence electrons. The van der Waals surface area contributed by atoms with Gasteiger partial charge in [-0.3, -0.25) is 9.69 Å². The highest BCUT2D eigenvalue weighted by molar-refractivity contribution is 8.27. The number of hydrogen-bond acceptors (Lipinski definition) is 5. The predicted molar refractivity (Wildman–Crippen MR) is 111 cm³/mol. The number of allylic oxidation sites excluding steroid dienone is 2. The second-order valence-electron chi connectivity index (χ2n) is 5.82. The standard InChI is InChI=1S/C20H15NO4S2/c1-12(9-13-5-3-2-4-6-13)10-17-18(23)21(20(26)27-17)14-7-8-15(19(24)25)16(22)11-14/h2-11,22H,1H3,(H,24,25)/b12-9+,17-10-. The number of thiocarbonyl (C=S) groups is 1. The molecule has 1 amide bonds. The number of amides is 1. The van der Waals surface area contributed by atoms with Crippen molar-refractivity contribution in [2.75, 3.05) is 4.90 Å². The van der Waals surface area contributed by atoms with E-state index < -0.39 is 11.7 Å². The summed E-state index contributed by atoms with van der Waals surface area (Å²) in [6.07, 6.45) is 3.72. The lowest BCUT2D eigenvalue weighted by Crippen LogP contribution is -2.27. The van der Waals surface area contributed by atoms with E-state index in [0.717, 1.165) is 22.9 Å². The van der Waals surface area contributed by atoms with Crippen LogP contribution in [0.1, 0.15) is 22.8 Å². The zero-order chi connectivity index (χ0) is 19.6. The van der Waals surface area contributed by atoms with E-state index in [1.807, 2.05) is 43.3 Å². The van der Waals surface area contributed by atoms with E-state index in [4.69, 9.17) is 17.3 Å². The Morgan fingerprint density at radius 2 is 1.89 bits per heavy atom. The number of carboxylic acids is 1. The Kier molecular flexibility index (Phi) is 5.43. The van der Waals surface area contributed by atoms with Crippen LogP contribution in [0.2, 0.25) is 0 Å². The molecule has 2 N–H and O–H groups in total. The highest BCUT2D eigenvalue weighted by atomic mass is 32.2. The predicted octanol–water partition coefficient (Wildman–Crippen LogP) is 4.44. The fourth-order valence-corrected chi connectivity index (χ4v) is 3.94. The van der Waals surface area contributed by atoms with Crippen LogP contribution in [0.5, 0.6) is 5.75 Å². The number of carbonyl (C=O) groups excluding carboxylic acids is 1. The summed E-state index contributed by atoms with van der Waals surface area (Å²) in [7, 11) is 0. The molecule has 1 saturated heterocycles. The van der Waals surface area contributed by atoms with Gasteiger partial charge in [-0.1, -0.05) is 60.4 Å². The number of aromatic hydroxyl groups is 1. The van der Waals surface area contributed by atoms with Crippen LogP contribution < -0.4 is 4.90 Å². The molecule has 0 radical (unpaired) electrons. The third-order valence-electron chi connectivity index (χ3n) is 3.82. The van der Waals surface area contributed by atoms with Gasteiger partial charge in [-0.15, -0.1) is 0 Å². The van der Waals surface area contributed by atoms with Gasteiger partial charge >= 0.3 is 5.97 Å². The summed E-state index contributed by atoms with van der Waals surface area (Å²) in [5, 5.41) is 18.9. The van der Waals surface area contributed by atoms with Gasteiger partial charge in [-0.05, 0) is 36.3 Å². The topological polar surface area (TPSA) is 77.8 Å². The second-order valence-corrected chi connectivity index (χ2v) is 7.50. The molecule has 0 bridgehead atoms. The number of benzene rings is 2. The number of carboxylic acid groups (broad SMARTS) is 1. The smallest absolute Gasteiger partial charge is 0.339 e. The fraction of sp³-hybridized carbons (Fsp3) is 0.0500. The van der Waals surface area contributed by atoms with Crippen LogP contribution in [0, 0.1) is 0 Å². The largest absolute Gasteiger partial charge is 0.507 e. The van der Waals surface area contributed by atoms with Crippen molar-refractivity contribution in [3.8, 4) is 5.75 Å². The van der Waals surface area contributed by atoms with Crippen molar-refractivity contribution in [1.29, 1.82) is 0 Å². The van der Waals surface area contributed by atoms with Gasteiger partial charge in [0.2, 0.25) is 0 Å². The van der Waals surface area contributed by atoms with Gasteiger partial charge in [0.25, 0.3) is 5.91 Å². The zero-order valence-corrected chi connectivity index (χ0v) is 15.9. The summed E-state index contributed by atoms with van der Waals surface area (Å²) in [5.41, 5.74) is 2.01. The van der Waals surface area contributed by atoms with Gasteiger partial charge < -0.3 is 10.2 Å². The molecule has 2 aromatic carbocycles. The molecule has 1 fully saturated rings. The molecule has 1 heterocycles. The molecule has 1 aliphatic heterocycles. The van der Waals surface area contributed by atoms with E-state index in [1.165, 1.54) is 23.1 Å². The molecule has 27 heavy (non-hydrogen) atoms. The number of anilines is 1. The Morgan fingerprint density at radius 3 is 2.52 bits per heavy atom. The SMILES string of the molecule is CC(/C=C1\SC(=S)N(c2ccc(C(=O)O)c(O)c2)C1=O)=C\c1ccccc1. The average molecular weight is 397 g/mol. The maximum Gasteiger partial charge on any atom is 0.339 e. The van der Waals surface area contributed by atoms with Crippen molar-refractivity contribution in [3.05, 3.63) is 76.2 Å². The highest BCUT2D eigenvalue weighted by Crippen LogP contribution is 2.37. The van der Waals surface area contributed by atoms with Gasteiger partial charge in [0.1, 0.15) is 11.3 Å². The van der Waals surface area contributed by atoms with E-state index >= 15 is 0 Å². The lowest BCUT2D eigenvalue weighted by Gasteiger charge is -2.15. The van der Waals surface area contributed by atoms with Crippen molar-refractivity contribution in [2.45, 2.75) is 6.92 Å². The van der Waals surface area contributed by atoms with Crippen molar-refractivity contribution < 1.29 is 19.8 Å². The Balaban J connectivity index is 1.88. The first-order valence-electron chi connectivity index (χ1n) is 7.94. The quantitative estimate of drug-likeness (QED) is 0.587. The first kappa shape index (κ1) is 18.9. The first-order chi connectivity index (χ1) is 12.9. The number of thioether (sulfide) groups is 1. The Hall–Kier alpha value is -2.90. The molecule has 2 aromatic rings. The summed E-state index contributed by atoms with van der Waals surface area (Å²) >= 11 is 6.46.